The maximum atomic E-state index is 12.4. The standard InChI is InChI=1S/C17H18N2O3/c20-16(18-15-8-4-7-14(15)17(21)22)12-5-3-6-13(11-12)19-9-1-2-10-19/h1-3,5-6,9-11,14-15H,4,7-8H2,(H,18,20)(H,21,22)/t14-,15+/m1/s1. The molecule has 0 unspecified atom stereocenters. The number of nitrogens with one attached hydrogen (secondary N) is 1. The summed E-state index contributed by atoms with van der Waals surface area (Å²) >= 11 is 0. The quantitative estimate of drug-likeness (QED) is 0.911. The fraction of sp³-hybridized carbons (Fsp3) is 0.294. The predicted octanol–water partition coefficient (Wildman–Crippen LogP) is 2.46. The molecule has 0 radical (unpaired) electrons. The van der Waals surface area contributed by atoms with Gasteiger partial charge in [-0.2, -0.15) is 0 Å². The highest BCUT2D eigenvalue weighted by atomic mass is 16.4. The molecule has 5 nitrogen and oxygen atoms in total. The Bertz CT molecular complexity index is 679. The first kappa shape index (κ1) is 14.4. The summed E-state index contributed by atoms with van der Waals surface area (Å²) in [6, 6.07) is 10.9. The van der Waals surface area contributed by atoms with Crippen molar-refractivity contribution in [1.29, 1.82) is 0 Å². The molecular weight excluding hydrogens is 280 g/mol. The number of rotatable bonds is 4. The molecule has 1 amide bonds. The largest absolute Gasteiger partial charge is 0.481 e. The van der Waals surface area contributed by atoms with Crippen LogP contribution in [0.15, 0.2) is 48.8 Å². The number of nitrogens with zero attached hydrogens (tertiary/aromatic N) is 1. The van der Waals surface area contributed by atoms with Crippen molar-refractivity contribution in [1.82, 2.24) is 9.88 Å². The molecule has 3 rings (SSSR count). The number of aromatic nitrogens is 1. The molecule has 1 heterocycles. The smallest absolute Gasteiger partial charge is 0.308 e. The van der Waals surface area contributed by atoms with Crippen molar-refractivity contribution >= 4 is 11.9 Å². The maximum Gasteiger partial charge on any atom is 0.308 e. The van der Waals surface area contributed by atoms with Gasteiger partial charge in [0.25, 0.3) is 5.91 Å². The molecule has 2 atom stereocenters. The van der Waals surface area contributed by atoms with Gasteiger partial charge in [0.1, 0.15) is 0 Å². The fourth-order valence-corrected chi connectivity index (χ4v) is 2.99. The Morgan fingerprint density at radius 3 is 2.64 bits per heavy atom. The molecule has 1 saturated carbocycles. The average molecular weight is 298 g/mol. The third kappa shape index (κ3) is 2.88. The Kier molecular flexibility index (Phi) is 3.96. The van der Waals surface area contributed by atoms with Crippen molar-refractivity contribution in [3.05, 3.63) is 54.4 Å². The van der Waals surface area contributed by atoms with E-state index >= 15 is 0 Å². The highest BCUT2D eigenvalue weighted by molar-refractivity contribution is 5.95. The van der Waals surface area contributed by atoms with Crippen molar-refractivity contribution in [2.45, 2.75) is 25.3 Å². The van der Waals surface area contributed by atoms with Gasteiger partial charge in [0, 0.05) is 29.7 Å². The Labute approximate surface area is 128 Å². The van der Waals surface area contributed by atoms with Gasteiger partial charge in [0.15, 0.2) is 0 Å². The van der Waals surface area contributed by atoms with Crippen LogP contribution in [0.2, 0.25) is 0 Å². The third-order valence-electron chi connectivity index (χ3n) is 4.16. The molecule has 1 aromatic carbocycles. The van der Waals surface area contributed by atoms with Crippen LogP contribution < -0.4 is 5.32 Å². The van der Waals surface area contributed by atoms with Crippen LogP contribution in [-0.4, -0.2) is 27.6 Å². The van der Waals surface area contributed by atoms with Gasteiger partial charge in [0.2, 0.25) is 0 Å². The lowest BCUT2D eigenvalue weighted by molar-refractivity contribution is -0.142. The highest BCUT2D eigenvalue weighted by Gasteiger charge is 2.33. The molecule has 0 spiro atoms. The summed E-state index contributed by atoms with van der Waals surface area (Å²) in [6.45, 7) is 0. The number of aliphatic carboxylic acids is 1. The van der Waals surface area contributed by atoms with E-state index in [1.165, 1.54) is 0 Å². The molecule has 2 N–H and O–H groups in total. The van der Waals surface area contributed by atoms with Crippen LogP contribution in [-0.2, 0) is 4.79 Å². The summed E-state index contributed by atoms with van der Waals surface area (Å²) in [5, 5.41) is 12.1. The number of carboxylic acid groups (broad SMARTS) is 1. The van der Waals surface area contributed by atoms with E-state index in [1.807, 2.05) is 41.2 Å². The Morgan fingerprint density at radius 2 is 1.91 bits per heavy atom. The lowest BCUT2D eigenvalue weighted by Crippen LogP contribution is -2.40. The molecule has 22 heavy (non-hydrogen) atoms. The predicted molar refractivity (Wildman–Crippen MR) is 82.0 cm³/mol. The first-order valence-corrected chi connectivity index (χ1v) is 7.42. The molecule has 0 saturated heterocycles. The van der Waals surface area contributed by atoms with Gasteiger partial charge in [-0.1, -0.05) is 12.5 Å². The average Bonchev–Trinajstić information content (AvgIpc) is 3.18. The summed E-state index contributed by atoms with van der Waals surface area (Å²) in [5.41, 5.74) is 1.45. The van der Waals surface area contributed by atoms with Gasteiger partial charge in [-0.25, -0.2) is 0 Å². The van der Waals surface area contributed by atoms with Gasteiger partial charge in [0.05, 0.1) is 5.92 Å². The molecule has 1 aromatic heterocycles. The molecule has 1 aliphatic carbocycles. The number of carbonyl (C=O) groups is 2. The van der Waals surface area contributed by atoms with Crippen molar-refractivity contribution in [3.8, 4) is 5.69 Å². The van der Waals surface area contributed by atoms with Crippen LogP contribution in [0, 0.1) is 5.92 Å². The summed E-state index contributed by atoms with van der Waals surface area (Å²) < 4.78 is 1.92. The molecule has 0 aliphatic heterocycles. The van der Waals surface area contributed by atoms with Crippen LogP contribution in [0.4, 0.5) is 0 Å². The van der Waals surface area contributed by atoms with Crippen LogP contribution in [0.3, 0.4) is 0 Å². The maximum absolute atomic E-state index is 12.4. The van der Waals surface area contributed by atoms with Crippen LogP contribution >= 0.6 is 0 Å². The minimum atomic E-state index is -0.830. The summed E-state index contributed by atoms with van der Waals surface area (Å²) in [4.78, 5) is 23.6. The highest BCUT2D eigenvalue weighted by Crippen LogP contribution is 2.26. The molecule has 1 aliphatic rings. The third-order valence-corrected chi connectivity index (χ3v) is 4.16. The zero-order valence-electron chi connectivity index (χ0n) is 12.1. The summed E-state index contributed by atoms with van der Waals surface area (Å²) in [7, 11) is 0. The first-order chi connectivity index (χ1) is 10.6. The summed E-state index contributed by atoms with van der Waals surface area (Å²) in [5.74, 6) is -1.52. The Hall–Kier alpha value is -2.56. The van der Waals surface area contributed by atoms with Gasteiger partial charge < -0.3 is 15.0 Å². The second-order valence-electron chi connectivity index (χ2n) is 5.60. The van der Waals surface area contributed by atoms with E-state index in [0.717, 1.165) is 18.5 Å². The van der Waals surface area contributed by atoms with Gasteiger partial charge in [-0.15, -0.1) is 0 Å². The first-order valence-electron chi connectivity index (χ1n) is 7.42. The van der Waals surface area contributed by atoms with Crippen molar-refractivity contribution in [2.24, 2.45) is 5.92 Å². The molecule has 114 valence electrons. The Balaban J connectivity index is 1.75. The van der Waals surface area contributed by atoms with Crippen molar-refractivity contribution < 1.29 is 14.7 Å². The minimum absolute atomic E-state index is 0.216. The van der Waals surface area contributed by atoms with E-state index < -0.39 is 11.9 Å². The minimum Gasteiger partial charge on any atom is -0.481 e. The zero-order valence-corrected chi connectivity index (χ0v) is 12.1. The van der Waals surface area contributed by atoms with Crippen LogP contribution in [0.25, 0.3) is 5.69 Å². The van der Waals surface area contributed by atoms with Crippen LogP contribution in [0.5, 0.6) is 0 Å². The number of benzene rings is 1. The number of carbonyl (C=O) groups excluding carboxylic acids is 1. The zero-order chi connectivity index (χ0) is 15.5. The van der Waals surface area contributed by atoms with E-state index in [1.54, 1.807) is 12.1 Å². The fourth-order valence-electron chi connectivity index (χ4n) is 2.99. The van der Waals surface area contributed by atoms with E-state index in [0.29, 0.717) is 12.0 Å². The van der Waals surface area contributed by atoms with Crippen LogP contribution in [0.1, 0.15) is 29.6 Å². The normalized spacial score (nSPS) is 20.7. The topological polar surface area (TPSA) is 71.3 Å². The Morgan fingerprint density at radius 1 is 1.14 bits per heavy atom. The van der Waals surface area contributed by atoms with Gasteiger partial charge >= 0.3 is 5.97 Å². The van der Waals surface area contributed by atoms with E-state index in [9.17, 15) is 14.7 Å². The number of hydrogen-bond donors (Lipinski definition) is 2. The van der Waals surface area contributed by atoms with E-state index in [2.05, 4.69) is 5.32 Å². The lowest BCUT2D eigenvalue weighted by Gasteiger charge is -2.17. The van der Waals surface area contributed by atoms with E-state index in [4.69, 9.17) is 0 Å². The summed E-state index contributed by atoms with van der Waals surface area (Å²) in [6.07, 6.45) is 6.01. The monoisotopic (exact) mass is 298 g/mol. The molecule has 2 aromatic rings. The number of amides is 1. The number of hydrogen-bond acceptors (Lipinski definition) is 2. The molecule has 0 bridgehead atoms. The van der Waals surface area contributed by atoms with Gasteiger partial charge in [-0.3, -0.25) is 9.59 Å². The SMILES string of the molecule is O=C(N[C@H]1CCC[C@H]1C(=O)O)c1cccc(-n2cccc2)c1. The second-order valence-corrected chi connectivity index (χ2v) is 5.60. The van der Waals surface area contributed by atoms with Crippen molar-refractivity contribution in [3.63, 3.8) is 0 Å². The second kappa shape index (κ2) is 6.05. The lowest BCUT2D eigenvalue weighted by atomic mass is 10.0. The molecule has 5 heteroatoms. The van der Waals surface area contributed by atoms with Crippen molar-refractivity contribution in [2.75, 3.05) is 0 Å². The van der Waals surface area contributed by atoms with E-state index in [-0.39, 0.29) is 11.9 Å². The molecule has 1 fully saturated rings. The van der Waals surface area contributed by atoms with Gasteiger partial charge in [-0.05, 0) is 43.2 Å². The number of carboxylic acids is 1. The molecular formula is C17H18N2O3.